The van der Waals surface area contributed by atoms with E-state index in [0.29, 0.717) is 11.4 Å². The van der Waals surface area contributed by atoms with Gasteiger partial charge in [-0.2, -0.15) is 0 Å². The number of benzene rings is 1. The van der Waals surface area contributed by atoms with Crippen LogP contribution in [0.15, 0.2) is 35.4 Å². The molecule has 3 aromatic heterocycles. The maximum Gasteiger partial charge on any atom is 0.410 e. The van der Waals surface area contributed by atoms with Gasteiger partial charge in [0, 0.05) is 12.6 Å². The summed E-state index contributed by atoms with van der Waals surface area (Å²) in [4.78, 5) is 70.7. The molecule has 0 spiro atoms. The second kappa shape index (κ2) is 15.2. The first kappa shape index (κ1) is 39.8. The average Bonchev–Trinajstić information content (AvgIpc) is 3.09. The average molecular weight is 768 g/mol. The van der Waals surface area contributed by atoms with Crippen molar-refractivity contribution in [2.24, 2.45) is 0 Å². The molecule has 0 saturated carbocycles. The maximum atomic E-state index is 15.7. The van der Waals surface area contributed by atoms with E-state index in [4.69, 9.17) is 30.8 Å². The summed E-state index contributed by atoms with van der Waals surface area (Å²) < 4.78 is 32.9. The summed E-state index contributed by atoms with van der Waals surface area (Å²) in [6, 6.07) is 3.46. The van der Waals surface area contributed by atoms with Gasteiger partial charge in [0.05, 0.1) is 64.4 Å². The van der Waals surface area contributed by atoms with E-state index in [2.05, 4.69) is 9.97 Å². The Morgan fingerprint density at radius 2 is 1.69 bits per heavy atom. The summed E-state index contributed by atoms with van der Waals surface area (Å²) in [5, 5.41) is 13.1. The van der Waals surface area contributed by atoms with Crippen LogP contribution in [0, 0.1) is 15.9 Å². The first-order chi connectivity index (χ1) is 25.3. The van der Waals surface area contributed by atoms with Crippen molar-refractivity contribution in [2.75, 3.05) is 32.2 Å². The van der Waals surface area contributed by atoms with E-state index >= 15 is 4.39 Å². The van der Waals surface area contributed by atoms with Gasteiger partial charge < -0.3 is 24.0 Å². The van der Waals surface area contributed by atoms with E-state index in [1.807, 2.05) is 27.7 Å². The SMILES string of the molecule is COC(=O)[C@H]1CN(C(=O)OC(C)(C)C)[C@H](C)CN1c1c([N+](=O)[O-])c(=O)n(-c2c(C(C)C)ncnc2C(C)C)c2nc(-c3c(F)cccc3OC)c(Cl)cc12. The standard InChI is InChI=1S/C37H43ClFN7O8/c1-18(2)27-31(28(19(3)4)41-17-40-27)45-33-21(14-22(38)29(42-33)26-23(39)12-11-13-25(26)52-9)30(32(34(45)47)46(50)51)44-15-20(5)43(16-24(44)35(48)53-10)36(49)54-37(6,7)8/h11-14,17-20,24H,15-16H2,1-10H3/t20-,24-/m1/s1. The van der Waals surface area contributed by atoms with Crippen molar-refractivity contribution >= 4 is 46.1 Å². The van der Waals surface area contributed by atoms with Crippen molar-refractivity contribution in [2.45, 2.75) is 84.9 Å². The van der Waals surface area contributed by atoms with Gasteiger partial charge in [-0.05, 0) is 57.7 Å². The molecule has 15 nitrogen and oxygen atoms in total. The summed E-state index contributed by atoms with van der Waals surface area (Å²) in [6.07, 6.45) is 0.648. The van der Waals surface area contributed by atoms with Gasteiger partial charge >= 0.3 is 23.3 Å². The Labute approximate surface area is 316 Å². The highest BCUT2D eigenvalue weighted by Crippen LogP contribution is 2.43. The number of aromatic nitrogens is 4. The van der Waals surface area contributed by atoms with Gasteiger partial charge in [-0.3, -0.25) is 19.5 Å². The normalized spacial score (nSPS) is 16.3. The summed E-state index contributed by atoms with van der Waals surface area (Å²) in [6.45, 7) is 13.7. The number of carbonyl (C=O) groups is 2. The zero-order valence-electron chi connectivity index (χ0n) is 31.8. The third-order valence-corrected chi connectivity index (χ3v) is 9.28. The Morgan fingerprint density at radius 1 is 1.06 bits per heavy atom. The zero-order chi connectivity index (χ0) is 40.0. The Morgan fingerprint density at radius 3 is 2.22 bits per heavy atom. The number of rotatable bonds is 8. The highest BCUT2D eigenvalue weighted by Gasteiger charge is 2.45. The molecule has 0 bridgehead atoms. The molecule has 54 heavy (non-hydrogen) atoms. The van der Waals surface area contributed by atoms with Crippen molar-refractivity contribution in [3.05, 3.63) is 73.3 Å². The number of carbonyl (C=O) groups excluding carboxylic acids is 2. The van der Waals surface area contributed by atoms with Crippen LogP contribution in [0.3, 0.4) is 0 Å². The van der Waals surface area contributed by atoms with E-state index in [1.165, 1.54) is 47.5 Å². The fourth-order valence-corrected chi connectivity index (χ4v) is 6.86. The van der Waals surface area contributed by atoms with Crippen molar-refractivity contribution in [3.8, 4) is 22.7 Å². The summed E-state index contributed by atoms with van der Waals surface area (Å²) in [5.41, 5.74) is -2.61. The summed E-state index contributed by atoms with van der Waals surface area (Å²) in [5.74, 6) is -2.08. The minimum absolute atomic E-state index is 0.0227. The molecule has 1 aromatic carbocycles. The van der Waals surface area contributed by atoms with Gasteiger partial charge in [0.25, 0.3) is 0 Å². The van der Waals surface area contributed by atoms with E-state index in [0.717, 1.165) is 11.7 Å². The van der Waals surface area contributed by atoms with Crippen LogP contribution >= 0.6 is 11.6 Å². The number of piperazine rings is 1. The fourth-order valence-electron chi connectivity index (χ4n) is 6.61. The van der Waals surface area contributed by atoms with Crippen molar-refractivity contribution in [1.29, 1.82) is 0 Å². The lowest BCUT2D eigenvalue weighted by atomic mass is 10.00. The van der Waals surface area contributed by atoms with Crippen LogP contribution in [0.25, 0.3) is 28.0 Å². The molecule has 0 radical (unpaired) electrons. The Hall–Kier alpha value is -5.38. The van der Waals surface area contributed by atoms with E-state index in [1.54, 1.807) is 27.7 Å². The molecule has 1 fully saturated rings. The van der Waals surface area contributed by atoms with Gasteiger partial charge in [0.15, 0.2) is 5.65 Å². The number of esters is 1. The molecule has 1 saturated heterocycles. The number of methoxy groups -OCH3 is 2. The van der Waals surface area contributed by atoms with Gasteiger partial charge in [0.2, 0.25) is 0 Å². The van der Waals surface area contributed by atoms with E-state index in [9.17, 15) is 24.5 Å². The number of fused-ring (bicyclic) bond motifs is 1. The van der Waals surface area contributed by atoms with Gasteiger partial charge in [-0.15, -0.1) is 0 Å². The van der Waals surface area contributed by atoms with Gasteiger partial charge in [0.1, 0.15) is 35.2 Å². The van der Waals surface area contributed by atoms with Crippen molar-refractivity contribution in [3.63, 3.8) is 0 Å². The molecule has 4 heterocycles. The topological polar surface area (TPSA) is 172 Å². The van der Waals surface area contributed by atoms with Crippen LogP contribution in [-0.4, -0.2) is 86.4 Å². The van der Waals surface area contributed by atoms with E-state index < -0.39 is 51.7 Å². The first-order valence-electron chi connectivity index (χ1n) is 17.3. The number of hydrogen-bond acceptors (Lipinski definition) is 12. The lowest BCUT2D eigenvalue weighted by Crippen LogP contribution is -2.62. The third kappa shape index (κ3) is 7.26. The smallest absolute Gasteiger partial charge is 0.410 e. The molecule has 0 N–H and O–H groups in total. The van der Waals surface area contributed by atoms with Crippen LogP contribution in [0.1, 0.15) is 78.6 Å². The second-order valence-electron chi connectivity index (χ2n) is 14.6. The highest BCUT2D eigenvalue weighted by molar-refractivity contribution is 6.34. The zero-order valence-corrected chi connectivity index (χ0v) is 32.5. The highest BCUT2D eigenvalue weighted by atomic mass is 35.5. The van der Waals surface area contributed by atoms with E-state index in [-0.39, 0.29) is 69.4 Å². The van der Waals surface area contributed by atoms with Crippen LogP contribution in [0.2, 0.25) is 5.02 Å². The molecule has 0 aliphatic carbocycles. The number of ether oxygens (including phenoxy) is 3. The van der Waals surface area contributed by atoms with Gasteiger partial charge in [-0.1, -0.05) is 45.4 Å². The summed E-state index contributed by atoms with van der Waals surface area (Å²) in [7, 11) is 2.49. The third-order valence-electron chi connectivity index (χ3n) is 8.99. The predicted octanol–water partition coefficient (Wildman–Crippen LogP) is 6.79. The quantitative estimate of drug-likeness (QED) is 0.105. The molecule has 1 aliphatic rings. The molecule has 4 aromatic rings. The van der Waals surface area contributed by atoms with Crippen LogP contribution < -0.4 is 15.2 Å². The molecule has 17 heteroatoms. The van der Waals surface area contributed by atoms with Crippen molar-refractivity contribution < 1.29 is 33.1 Å². The molecule has 1 amide bonds. The number of nitrogens with zero attached hydrogens (tertiary/aromatic N) is 7. The fraction of sp³-hybridized carbons (Fsp3) is 0.459. The monoisotopic (exact) mass is 767 g/mol. The number of anilines is 1. The number of hydrogen-bond donors (Lipinski definition) is 0. The number of halogens is 2. The first-order valence-corrected chi connectivity index (χ1v) is 17.7. The Kier molecular flexibility index (Phi) is 11.2. The van der Waals surface area contributed by atoms with Crippen LogP contribution in [-0.2, 0) is 14.3 Å². The Balaban J connectivity index is 1.97. The van der Waals surface area contributed by atoms with Gasteiger partial charge in [-0.25, -0.2) is 28.9 Å². The molecular weight excluding hydrogens is 725 g/mol. The molecule has 1 aliphatic heterocycles. The summed E-state index contributed by atoms with van der Waals surface area (Å²) >= 11 is 6.92. The molecule has 0 unspecified atom stereocenters. The minimum atomic E-state index is -1.35. The number of nitro groups is 1. The van der Waals surface area contributed by atoms with Crippen LogP contribution in [0.5, 0.6) is 5.75 Å². The lowest BCUT2D eigenvalue weighted by molar-refractivity contribution is -0.385. The molecule has 5 rings (SSSR count). The predicted molar refractivity (Wildman–Crippen MR) is 200 cm³/mol. The molecular formula is C37H43ClFN7O8. The maximum absolute atomic E-state index is 15.7. The largest absolute Gasteiger partial charge is 0.496 e. The molecule has 288 valence electrons. The van der Waals surface area contributed by atoms with Crippen LogP contribution in [0.4, 0.5) is 20.6 Å². The molecule has 2 atom stereocenters. The lowest BCUT2D eigenvalue weighted by Gasteiger charge is -2.45. The Bertz CT molecular complexity index is 2180. The number of pyridine rings is 2. The minimum Gasteiger partial charge on any atom is -0.496 e. The second-order valence-corrected chi connectivity index (χ2v) is 15.0. The number of amides is 1. The van der Waals surface area contributed by atoms with Crippen molar-refractivity contribution in [1.82, 2.24) is 24.4 Å².